The van der Waals surface area contributed by atoms with Gasteiger partial charge in [-0.3, -0.25) is 0 Å². The smallest absolute Gasteiger partial charge is 0.363 e. The number of esters is 2. The Balaban J connectivity index is 1.71. The second-order valence-corrected chi connectivity index (χ2v) is 6.24. The highest BCUT2D eigenvalue weighted by Gasteiger charge is 2.15. The molecule has 0 bridgehead atoms. The molecule has 0 saturated carbocycles. The number of hydrogen-bond donors (Lipinski definition) is 0. The average Bonchev–Trinajstić information content (AvgIpc) is 3.12. The van der Waals surface area contributed by atoms with Gasteiger partial charge in [0.2, 0.25) is 0 Å². The molecule has 0 aliphatic heterocycles. The van der Waals surface area contributed by atoms with Gasteiger partial charge in [-0.25, -0.2) is 14.6 Å². The van der Waals surface area contributed by atoms with E-state index in [2.05, 4.69) is 9.72 Å². The van der Waals surface area contributed by atoms with Gasteiger partial charge in [-0.05, 0) is 36.4 Å². The number of nitrogens with zero attached hydrogens (tertiary/aromatic N) is 1. The number of carbonyl (C=O) groups is 2. The fourth-order valence-electron chi connectivity index (χ4n) is 2.03. The van der Waals surface area contributed by atoms with Crippen molar-refractivity contribution in [3.8, 4) is 16.3 Å². The largest absolute Gasteiger partial charge is 0.465 e. The van der Waals surface area contributed by atoms with Gasteiger partial charge in [-0.15, -0.1) is 11.3 Å². The second-order valence-electron chi connectivity index (χ2n) is 4.95. The maximum Gasteiger partial charge on any atom is 0.363 e. The molecule has 3 rings (SSSR count). The predicted molar refractivity (Wildman–Crippen MR) is 95.3 cm³/mol. The Labute approximate surface area is 152 Å². The molecule has 0 unspecified atom stereocenters. The minimum Gasteiger partial charge on any atom is -0.465 e. The molecule has 0 saturated heterocycles. The number of thiazole rings is 1. The topological polar surface area (TPSA) is 65.5 Å². The minimum absolute atomic E-state index is 0.215. The molecule has 0 fully saturated rings. The normalized spacial score (nSPS) is 10.3. The highest BCUT2D eigenvalue weighted by Crippen LogP contribution is 2.25. The SMILES string of the molecule is COC(=O)c1ccc(OC(=O)c2csc(-c3ccc(Cl)cc3)n2)cc1. The number of rotatable bonds is 4. The molecule has 126 valence electrons. The molecular formula is C18H12ClNO4S. The van der Waals surface area contributed by atoms with Crippen molar-refractivity contribution < 1.29 is 19.1 Å². The zero-order chi connectivity index (χ0) is 17.8. The van der Waals surface area contributed by atoms with E-state index in [1.54, 1.807) is 17.5 Å². The van der Waals surface area contributed by atoms with Crippen LogP contribution in [0.4, 0.5) is 0 Å². The molecule has 1 heterocycles. The van der Waals surface area contributed by atoms with E-state index in [4.69, 9.17) is 16.3 Å². The Morgan fingerprint density at radius 2 is 1.68 bits per heavy atom. The minimum atomic E-state index is -0.567. The van der Waals surface area contributed by atoms with Crippen LogP contribution in [0.15, 0.2) is 53.9 Å². The van der Waals surface area contributed by atoms with E-state index in [0.29, 0.717) is 21.3 Å². The second kappa shape index (κ2) is 7.46. The quantitative estimate of drug-likeness (QED) is 0.498. The van der Waals surface area contributed by atoms with E-state index in [0.717, 1.165) is 5.56 Å². The Hall–Kier alpha value is -2.70. The fraction of sp³-hybridized carbons (Fsp3) is 0.0556. The first kappa shape index (κ1) is 17.1. The molecule has 2 aromatic carbocycles. The molecule has 7 heteroatoms. The number of carbonyl (C=O) groups excluding carboxylic acids is 2. The lowest BCUT2D eigenvalue weighted by molar-refractivity contribution is 0.0600. The first-order valence-corrected chi connectivity index (χ1v) is 8.44. The molecule has 0 aliphatic carbocycles. The van der Waals surface area contributed by atoms with E-state index in [1.165, 1.54) is 42.7 Å². The van der Waals surface area contributed by atoms with Crippen molar-refractivity contribution in [1.29, 1.82) is 0 Å². The van der Waals surface area contributed by atoms with Crippen molar-refractivity contribution in [1.82, 2.24) is 4.98 Å². The third-order valence-electron chi connectivity index (χ3n) is 3.29. The van der Waals surface area contributed by atoms with E-state index >= 15 is 0 Å². The van der Waals surface area contributed by atoms with Crippen LogP contribution in [0.1, 0.15) is 20.8 Å². The third kappa shape index (κ3) is 4.04. The molecule has 0 N–H and O–H groups in total. The van der Waals surface area contributed by atoms with Crippen molar-refractivity contribution in [2.75, 3.05) is 7.11 Å². The summed E-state index contributed by atoms with van der Waals surface area (Å²) < 4.78 is 9.88. The van der Waals surface area contributed by atoms with Crippen molar-refractivity contribution in [2.45, 2.75) is 0 Å². The number of methoxy groups -OCH3 is 1. The van der Waals surface area contributed by atoms with Crippen LogP contribution in [0.2, 0.25) is 5.02 Å². The van der Waals surface area contributed by atoms with Crippen LogP contribution in [-0.2, 0) is 4.74 Å². The molecule has 0 spiro atoms. The summed E-state index contributed by atoms with van der Waals surface area (Å²) in [4.78, 5) is 27.9. The first-order valence-electron chi connectivity index (χ1n) is 7.19. The van der Waals surface area contributed by atoms with Gasteiger partial charge in [0.05, 0.1) is 12.7 Å². The van der Waals surface area contributed by atoms with Crippen LogP contribution >= 0.6 is 22.9 Å². The molecule has 1 aromatic heterocycles. The Morgan fingerprint density at radius 1 is 1.00 bits per heavy atom. The van der Waals surface area contributed by atoms with Gasteiger partial charge in [-0.1, -0.05) is 23.7 Å². The summed E-state index contributed by atoms with van der Waals surface area (Å²) in [5, 5.41) is 2.97. The molecule has 0 radical (unpaired) electrons. The molecule has 0 aliphatic rings. The molecule has 0 amide bonds. The van der Waals surface area contributed by atoms with Crippen LogP contribution in [0.5, 0.6) is 5.75 Å². The lowest BCUT2D eigenvalue weighted by atomic mass is 10.2. The summed E-state index contributed by atoms with van der Waals surface area (Å²) in [6.07, 6.45) is 0. The van der Waals surface area contributed by atoms with E-state index in [9.17, 15) is 9.59 Å². The fourth-order valence-corrected chi connectivity index (χ4v) is 2.95. The summed E-state index contributed by atoms with van der Waals surface area (Å²) in [5.41, 5.74) is 1.46. The first-order chi connectivity index (χ1) is 12.1. The zero-order valence-electron chi connectivity index (χ0n) is 13.1. The van der Waals surface area contributed by atoms with Crippen molar-refractivity contribution in [3.05, 3.63) is 70.2 Å². The summed E-state index contributed by atoms with van der Waals surface area (Å²) >= 11 is 7.21. The molecule has 25 heavy (non-hydrogen) atoms. The predicted octanol–water partition coefficient (Wildman–Crippen LogP) is 4.47. The van der Waals surface area contributed by atoms with Gasteiger partial charge in [0.15, 0.2) is 5.69 Å². The molecule has 0 atom stereocenters. The van der Waals surface area contributed by atoms with Crippen molar-refractivity contribution in [3.63, 3.8) is 0 Å². The number of hydrogen-bond acceptors (Lipinski definition) is 6. The van der Waals surface area contributed by atoms with E-state index in [-0.39, 0.29) is 5.69 Å². The van der Waals surface area contributed by atoms with E-state index < -0.39 is 11.9 Å². The highest BCUT2D eigenvalue weighted by molar-refractivity contribution is 7.13. The standard InChI is InChI=1S/C18H12ClNO4S/c1-23-17(21)12-4-8-14(9-5-12)24-18(22)15-10-25-16(20-15)11-2-6-13(19)7-3-11/h2-10H,1H3. The third-order valence-corrected chi connectivity index (χ3v) is 4.43. The Kier molecular flexibility index (Phi) is 5.11. The number of aromatic nitrogens is 1. The highest BCUT2D eigenvalue weighted by atomic mass is 35.5. The summed E-state index contributed by atoms with van der Waals surface area (Å²) in [6.45, 7) is 0. The summed E-state index contributed by atoms with van der Waals surface area (Å²) in [7, 11) is 1.30. The van der Waals surface area contributed by atoms with Crippen LogP contribution < -0.4 is 4.74 Å². The Morgan fingerprint density at radius 3 is 2.32 bits per heavy atom. The molecular weight excluding hydrogens is 362 g/mol. The monoisotopic (exact) mass is 373 g/mol. The average molecular weight is 374 g/mol. The van der Waals surface area contributed by atoms with Crippen molar-refractivity contribution >= 4 is 34.9 Å². The van der Waals surface area contributed by atoms with Gasteiger partial charge in [0.1, 0.15) is 10.8 Å². The number of halogens is 1. The van der Waals surface area contributed by atoms with E-state index in [1.807, 2.05) is 12.1 Å². The van der Waals surface area contributed by atoms with Gasteiger partial charge in [0, 0.05) is 16.0 Å². The van der Waals surface area contributed by atoms with Crippen LogP contribution in [0, 0.1) is 0 Å². The lowest BCUT2D eigenvalue weighted by Crippen LogP contribution is -2.09. The number of ether oxygens (including phenoxy) is 2. The Bertz CT molecular complexity index is 904. The van der Waals surface area contributed by atoms with Crippen LogP contribution in [0.3, 0.4) is 0 Å². The molecule has 3 aromatic rings. The van der Waals surface area contributed by atoms with Gasteiger partial charge >= 0.3 is 11.9 Å². The van der Waals surface area contributed by atoms with Crippen LogP contribution in [0.25, 0.3) is 10.6 Å². The lowest BCUT2D eigenvalue weighted by Gasteiger charge is -2.03. The summed E-state index contributed by atoms with van der Waals surface area (Å²) in [5.74, 6) is -0.703. The summed E-state index contributed by atoms with van der Waals surface area (Å²) in [6, 6.07) is 13.3. The van der Waals surface area contributed by atoms with Gasteiger partial charge in [0.25, 0.3) is 0 Å². The van der Waals surface area contributed by atoms with Gasteiger partial charge in [-0.2, -0.15) is 0 Å². The van der Waals surface area contributed by atoms with Crippen molar-refractivity contribution in [2.24, 2.45) is 0 Å². The zero-order valence-corrected chi connectivity index (χ0v) is 14.6. The maximum atomic E-state index is 12.2. The van der Waals surface area contributed by atoms with Gasteiger partial charge < -0.3 is 9.47 Å². The molecule has 5 nitrogen and oxygen atoms in total. The maximum absolute atomic E-state index is 12.2. The van der Waals surface area contributed by atoms with Crippen LogP contribution in [-0.4, -0.2) is 24.0 Å². The number of benzene rings is 2.